The molecule has 3 rings (SSSR count). The summed E-state index contributed by atoms with van der Waals surface area (Å²) in [5.41, 5.74) is 0.929. The predicted octanol–water partition coefficient (Wildman–Crippen LogP) is 1.71. The minimum absolute atomic E-state index is 0. The monoisotopic (exact) mass is 326 g/mol. The summed E-state index contributed by atoms with van der Waals surface area (Å²) >= 11 is 0. The summed E-state index contributed by atoms with van der Waals surface area (Å²) in [6.45, 7) is 3.65. The van der Waals surface area contributed by atoms with Crippen molar-refractivity contribution in [3.63, 3.8) is 0 Å². The fraction of sp³-hybridized carbons (Fsp3) is 0.562. The second-order valence-electron chi connectivity index (χ2n) is 5.76. The second kappa shape index (κ2) is 7.81. The number of aromatic hydroxyl groups is 1. The highest BCUT2D eigenvalue weighted by Gasteiger charge is 2.30. The van der Waals surface area contributed by atoms with Gasteiger partial charge in [0.15, 0.2) is 0 Å². The first-order valence-electron chi connectivity index (χ1n) is 7.64. The minimum atomic E-state index is -0.142. The molecule has 1 aromatic carbocycles. The highest BCUT2D eigenvalue weighted by atomic mass is 35.5. The summed E-state index contributed by atoms with van der Waals surface area (Å²) in [7, 11) is 0. The molecule has 2 heterocycles. The van der Waals surface area contributed by atoms with E-state index in [2.05, 4.69) is 5.32 Å². The third kappa shape index (κ3) is 3.91. The summed E-state index contributed by atoms with van der Waals surface area (Å²) < 4.78 is 5.77. The number of hydrogen-bond acceptors (Lipinski definition) is 4. The molecule has 2 aliphatic rings. The molecule has 2 fully saturated rings. The lowest BCUT2D eigenvalue weighted by molar-refractivity contribution is -0.144. The molecule has 0 bridgehead atoms. The van der Waals surface area contributed by atoms with Crippen LogP contribution in [0.1, 0.15) is 24.5 Å². The molecule has 6 heteroatoms. The Balaban J connectivity index is 0.00000176. The number of rotatable bonds is 2. The van der Waals surface area contributed by atoms with Crippen LogP contribution in [0.5, 0.6) is 5.75 Å². The van der Waals surface area contributed by atoms with E-state index in [1.165, 1.54) is 0 Å². The van der Waals surface area contributed by atoms with Gasteiger partial charge in [-0.05, 0) is 43.6 Å². The van der Waals surface area contributed by atoms with Crippen LogP contribution >= 0.6 is 12.4 Å². The molecular weight excluding hydrogens is 304 g/mol. The van der Waals surface area contributed by atoms with Gasteiger partial charge in [0.1, 0.15) is 11.9 Å². The highest BCUT2D eigenvalue weighted by molar-refractivity contribution is 5.85. The van der Waals surface area contributed by atoms with Gasteiger partial charge in [0.25, 0.3) is 0 Å². The van der Waals surface area contributed by atoms with Crippen molar-refractivity contribution in [3.05, 3.63) is 29.8 Å². The Kier molecular flexibility index (Phi) is 6.06. The van der Waals surface area contributed by atoms with Crippen molar-refractivity contribution in [1.82, 2.24) is 10.2 Å². The standard InChI is InChI=1S/C16H22N2O3.ClH/c19-14-3-1-2-13(10-14)15-11-18(8-9-21-15)16(20)12-4-6-17-7-5-12;/h1-3,10,12,15,17,19H,4-9,11H2;1H. The lowest BCUT2D eigenvalue weighted by Gasteiger charge is -2.36. The summed E-state index contributed by atoms with van der Waals surface area (Å²) in [4.78, 5) is 14.5. The van der Waals surface area contributed by atoms with Crippen LogP contribution in [0, 0.1) is 5.92 Å². The smallest absolute Gasteiger partial charge is 0.225 e. The molecule has 2 saturated heterocycles. The molecule has 22 heavy (non-hydrogen) atoms. The van der Waals surface area contributed by atoms with Crippen LogP contribution in [0.15, 0.2) is 24.3 Å². The van der Waals surface area contributed by atoms with E-state index >= 15 is 0 Å². The number of hydrogen-bond donors (Lipinski definition) is 2. The van der Waals surface area contributed by atoms with E-state index in [0.29, 0.717) is 19.7 Å². The van der Waals surface area contributed by atoms with E-state index in [1.54, 1.807) is 12.1 Å². The van der Waals surface area contributed by atoms with Gasteiger partial charge in [-0.2, -0.15) is 0 Å². The van der Waals surface area contributed by atoms with Gasteiger partial charge >= 0.3 is 0 Å². The van der Waals surface area contributed by atoms with Gasteiger partial charge < -0.3 is 20.1 Å². The number of halogens is 1. The number of carbonyl (C=O) groups is 1. The van der Waals surface area contributed by atoms with Crippen LogP contribution in [-0.2, 0) is 9.53 Å². The normalized spacial score (nSPS) is 22.9. The van der Waals surface area contributed by atoms with Crippen molar-refractivity contribution in [2.24, 2.45) is 5.92 Å². The van der Waals surface area contributed by atoms with Crippen LogP contribution in [0.4, 0.5) is 0 Å². The van der Waals surface area contributed by atoms with Crippen LogP contribution in [0.25, 0.3) is 0 Å². The molecule has 1 unspecified atom stereocenters. The van der Waals surface area contributed by atoms with Crippen molar-refractivity contribution in [2.45, 2.75) is 18.9 Å². The Labute approximate surface area is 137 Å². The van der Waals surface area contributed by atoms with Gasteiger partial charge in [-0.1, -0.05) is 12.1 Å². The second-order valence-corrected chi connectivity index (χ2v) is 5.76. The number of morpholine rings is 1. The molecule has 1 aromatic rings. The minimum Gasteiger partial charge on any atom is -0.508 e. The number of phenolic OH excluding ortho intramolecular Hbond substituents is 1. The van der Waals surface area contributed by atoms with Crippen molar-refractivity contribution < 1.29 is 14.6 Å². The molecule has 122 valence electrons. The fourth-order valence-electron chi connectivity index (χ4n) is 3.10. The third-order valence-electron chi connectivity index (χ3n) is 4.31. The highest BCUT2D eigenvalue weighted by Crippen LogP contribution is 2.26. The zero-order chi connectivity index (χ0) is 14.7. The molecule has 1 atom stereocenters. The number of piperidine rings is 1. The first-order valence-corrected chi connectivity index (χ1v) is 7.64. The predicted molar refractivity (Wildman–Crippen MR) is 86.2 cm³/mol. The van der Waals surface area contributed by atoms with Crippen molar-refractivity contribution in [1.29, 1.82) is 0 Å². The lowest BCUT2D eigenvalue weighted by atomic mass is 9.96. The van der Waals surface area contributed by atoms with Crippen LogP contribution in [-0.4, -0.2) is 48.7 Å². The SMILES string of the molecule is Cl.O=C(C1CCNCC1)N1CCOC(c2cccc(O)c2)C1. The first kappa shape index (κ1) is 17.1. The van der Waals surface area contributed by atoms with Crippen LogP contribution < -0.4 is 5.32 Å². The zero-order valence-corrected chi connectivity index (χ0v) is 13.3. The van der Waals surface area contributed by atoms with Gasteiger partial charge in [-0.15, -0.1) is 12.4 Å². The van der Waals surface area contributed by atoms with Crippen molar-refractivity contribution in [3.8, 4) is 5.75 Å². The van der Waals surface area contributed by atoms with E-state index in [0.717, 1.165) is 31.5 Å². The Morgan fingerprint density at radius 2 is 2.09 bits per heavy atom. The number of amides is 1. The Morgan fingerprint density at radius 1 is 1.32 bits per heavy atom. The summed E-state index contributed by atoms with van der Waals surface area (Å²) in [6, 6.07) is 7.10. The average Bonchev–Trinajstić information content (AvgIpc) is 2.55. The van der Waals surface area contributed by atoms with E-state index in [1.807, 2.05) is 17.0 Å². The first-order chi connectivity index (χ1) is 10.2. The van der Waals surface area contributed by atoms with Gasteiger partial charge in [-0.25, -0.2) is 0 Å². The molecule has 2 aliphatic heterocycles. The van der Waals surface area contributed by atoms with Crippen molar-refractivity contribution >= 4 is 18.3 Å². The van der Waals surface area contributed by atoms with Crippen LogP contribution in [0.3, 0.4) is 0 Å². The number of phenols is 1. The van der Waals surface area contributed by atoms with Crippen molar-refractivity contribution in [2.75, 3.05) is 32.8 Å². The van der Waals surface area contributed by atoms with E-state index in [9.17, 15) is 9.90 Å². The van der Waals surface area contributed by atoms with Crippen LogP contribution in [0.2, 0.25) is 0 Å². The maximum absolute atomic E-state index is 12.6. The maximum atomic E-state index is 12.6. The summed E-state index contributed by atoms with van der Waals surface area (Å²) in [5, 5.41) is 12.9. The maximum Gasteiger partial charge on any atom is 0.225 e. The number of nitrogens with one attached hydrogen (secondary N) is 1. The molecule has 0 radical (unpaired) electrons. The summed E-state index contributed by atoms with van der Waals surface area (Å²) in [5.74, 6) is 0.636. The van der Waals surface area contributed by atoms with E-state index in [-0.39, 0.29) is 36.1 Å². The molecular formula is C16H23ClN2O3. The quantitative estimate of drug-likeness (QED) is 0.868. The fourth-order valence-corrected chi connectivity index (χ4v) is 3.10. The molecule has 0 aromatic heterocycles. The van der Waals surface area contributed by atoms with E-state index in [4.69, 9.17) is 4.74 Å². The third-order valence-corrected chi connectivity index (χ3v) is 4.31. The molecule has 0 aliphatic carbocycles. The van der Waals surface area contributed by atoms with Gasteiger partial charge in [0, 0.05) is 12.5 Å². The number of ether oxygens (including phenoxy) is 1. The Hall–Kier alpha value is -1.30. The largest absolute Gasteiger partial charge is 0.508 e. The Morgan fingerprint density at radius 3 is 2.82 bits per heavy atom. The molecule has 5 nitrogen and oxygen atoms in total. The summed E-state index contributed by atoms with van der Waals surface area (Å²) in [6.07, 6.45) is 1.71. The van der Waals surface area contributed by atoms with E-state index < -0.39 is 0 Å². The van der Waals surface area contributed by atoms with Gasteiger partial charge in [0.05, 0.1) is 13.2 Å². The molecule has 2 N–H and O–H groups in total. The number of carbonyl (C=O) groups excluding carboxylic acids is 1. The average molecular weight is 327 g/mol. The lowest BCUT2D eigenvalue weighted by Crippen LogP contribution is -2.47. The topological polar surface area (TPSA) is 61.8 Å². The van der Waals surface area contributed by atoms with Gasteiger partial charge in [0.2, 0.25) is 5.91 Å². The number of benzene rings is 1. The Bertz CT molecular complexity index is 506. The zero-order valence-electron chi connectivity index (χ0n) is 12.5. The molecule has 1 amide bonds. The molecule has 0 spiro atoms. The van der Waals surface area contributed by atoms with Gasteiger partial charge in [-0.3, -0.25) is 4.79 Å². The molecule has 0 saturated carbocycles. The number of nitrogens with zero attached hydrogens (tertiary/aromatic N) is 1.